The average Bonchev–Trinajstić information content (AvgIpc) is 3.48. The summed E-state index contributed by atoms with van der Waals surface area (Å²) in [5.41, 5.74) is 2.47. The fourth-order valence-corrected chi connectivity index (χ4v) is 4.64. The Bertz CT molecular complexity index is 817. The van der Waals surface area contributed by atoms with E-state index in [1.165, 1.54) is 0 Å². The molecule has 0 radical (unpaired) electrons. The van der Waals surface area contributed by atoms with E-state index < -0.39 is 5.41 Å². The molecule has 2 aliphatic heterocycles. The molecule has 0 bridgehead atoms. The summed E-state index contributed by atoms with van der Waals surface area (Å²) in [4.78, 5) is 33.3. The lowest BCUT2D eigenvalue weighted by Crippen LogP contribution is -2.52. The van der Waals surface area contributed by atoms with E-state index >= 15 is 0 Å². The van der Waals surface area contributed by atoms with Crippen LogP contribution in [0.1, 0.15) is 56.6 Å². The van der Waals surface area contributed by atoms with Crippen molar-refractivity contribution in [1.82, 2.24) is 4.90 Å². The Balaban J connectivity index is 1.49. The van der Waals surface area contributed by atoms with Crippen LogP contribution in [0.25, 0.3) is 0 Å². The molecule has 1 saturated heterocycles. The number of ether oxygens (including phenoxy) is 1. The van der Waals surface area contributed by atoms with Gasteiger partial charge >= 0.3 is 5.97 Å². The molecule has 1 saturated carbocycles. The first-order valence-corrected chi connectivity index (χ1v) is 10.8. The van der Waals surface area contributed by atoms with Crippen LogP contribution in [0.5, 0.6) is 0 Å². The summed E-state index contributed by atoms with van der Waals surface area (Å²) in [5, 5.41) is 4.33. The summed E-state index contributed by atoms with van der Waals surface area (Å²) in [6, 6.07) is 8.13. The quantitative estimate of drug-likeness (QED) is 0.688. The highest BCUT2D eigenvalue weighted by molar-refractivity contribution is 6.02. The predicted molar refractivity (Wildman–Crippen MR) is 109 cm³/mol. The van der Waals surface area contributed by atoms with Crippen LogP contribution in [0.3, 0.4) is 0 Å². The largest absolute Gasteiger partial charge is 0.466 e. The molecule has 1 amide bonds. The van der Waals surface area contributed by atoms with E-state index in [1.807, 2.05) is 24.0 Å². The van der Waals surface area contributed by atoms with E-state index in [4.69, 9.17) is 9.57 Å². The van der Waals surface area contributed by atoms with Gasteiger partial charge in [-0.1, -0.05) is 29.4 Å². The molecule has 1 aromatic carbocycles. The fraction of sp³-hybridized carbons (Fsp3) is 0.609. The van der Waals surface area contributed by atoms with Crippen molar-refractivity contribution in [3.05, 3.63) is 35.4 Å². The molecule has 29 heavy (non-hydrogen) atoms. The lowest BCUT2D eigenvalue weighted by Gasteiger charge is -2.41. The zero-order valence-electron chi connectivity index (χ0n) is 17.4. The predicted octanol–water partition coefficient (Wildman–Crippen LogP) is 3.46. The number of aryl methyl sites for hydroxylation is 1. The Morgan fingerprint density at radius 3 is 2.83 bits per heavy atom. The van der Waals surface area contributed by atoms with Gasteiger partial charge in [-0.05, 0) is 45.1 Å². The van der Waals surface area contributed by atoms with Gasteiger partial charge < -0.3 is 14.5 Å². The number of carbonyl (C=O) groups is 2. The Morgan fingerprint density at radius 1 is 1.31 bits per heavy atom. The first kappa shape index (κ1) is 19.9. The maximum absolute atomic E-state index is 13.0. The highest BCUT2D eigenvalue weighted by Gasteiger charge is 2.49. The molecule has 0 unspecified atom stereocenters. The van der Waals surface area contributed by atoms with Gasteiger partial charge in [0, 0.05) is 37.4 Å². The summed E-state index contributed by atoms with van der Waals surface area (Å²) in [6.45, 7) is 5.39. The number of carbonyl (C=O) groups excluding carboxylic acids is 2. The van der Waals surface area contributed by atoms with Crippen LogP contribution in [0.15, 0.2) is 29.4 Å². The molecule has 4 rings (SSSR count). The van der Waals surface area contributed by atoms with Crippen molar-refractivity contribution in [2.24, 2.45) is 16.5 Å². The van der Waals surface area contributed by atoms with Crippen LogP contribution in [-0.2, 0) is 19.2 Å². The maximum Gasteiger partial charge on any atom is 0.314 e. The van der Waals surface area contributed by atoms with Gasteiger partial charge in [0.05, 0.1) is 17.7 Å². The number of hydrogen-bond acceptors (Lipinski definition) is 5. The summed E-state index contributed by atoms with van der Waals surface area (Å²) in [7, 11) is 0. The molecule has 1 aliphatic carbocycles. The summed E-state index contributed by atoms with van der Waals surface area (Å²) in [6.07, 6.45) is 4.50. The van der Waals surface area contributed by atoms with Crippen LogP contribution >= 0.6 is 0 Å². The molecule has 0 N–H and O–H groups in total. The first-order chi connectivity index (χ1) is 14.0. The number of piperidine rings is 1. The lowest BCUT2D eigenvalue weighted by molar-refractivity contribution is -0.164. The number of benzene rings is 1. The molecule has 2 atom stereocenters. The van der Waals surface area contributed by atoms with Crippen molar-refractivity contribution in [3.63, 3.8) is 0 Å². The minimum Gasteiger partial charge on any atom is -0.466 e. The van der Waals surface area contributed by atoms with Gasteiger partial charge in [-0.15, -0.1) is 0 Å². The highest BCUT2D eigenvalue weighted by atomic mass is 16.6. The summed E-state index contributed by atoms with van der Waals surface area (Å²) >= 11 is 0. The highest BCUT2D eigenvalue weighted by Crippen LogP contribution is 2.41. The molecule has 6 nitrogen and oxygen atoms in total. The Morgan fingerprint density at radius 2 is 2.10 bits per heavy atom. The molecular weight excluding hydrogens is 368 g/mol. The SMILES string of the molecule is CCOC(=O)[C@]1(C[C@@H]2CC(c3ccccc3C)=NO2)CCCN(C(=O)C2CC2)C1. The van der Waals surface area contributed by atoms with Crippen molar-refractivity contribution in [2.45, 2.75) is 58.5 Å². The molecular formula is C23H30N2O4. The van der Waals surface area contributed by atoms with E-state index in [2.05, 4.69) is 24.2 Å². The molecule has 6 heteroatoms. The number of esters is 1. The lowest BCUT2D eigenvalue weighted by atomic mass is 9.74. The van der Waals surface area contributed by atoms with Gasteiger partial charge in [0.25, 0.3) is 0 Å². The van der Waals surface area contributed by atoms with E-state index in [0.717, 1.165) is 49.1 Å². The zero-order valence-corrected chi connectivity index (χ0v) is 17.4. The van der Waals surface area contributed by atoms with E-state index in [9.17, 15) is 9.59 Å². The second-order valence-corrected chi connectivity index (χ2v) is 8.63. The van der Waals surface area contributed by atoms with Gasteiger partial charge in [-0.3, -0.25) is 9.59 Å². The number of amides is 1. The van der Waals surface area contributed by atoms with Gasteiger partial charge in [0.2, 0.25) is 5.91 Å². The monoisotopic (exact) mass is 398 g/mol. The molecule has 1 aromatic rings. The molecule has 0 spiro atoms. The van der Waals surface area contributed by atoms with Crippen LogP contribution in [-0.4, -0.2) is 48.3 Å². The third-order valence-corrected chi connectivity index (χ3v) is 6.33. The molecule has 0 aromatic heterocycles. The average molecular weight is 399 g/mol. The van der Waals surface area contributed by atoms with Gasteiger partial charge in [-0.25, -0.2) is 0 Å². The molecule has 156 valence electrons. The maximum atomic E-state index is 13.0. The number of rotatable bonds is 6. The third-order valence-electron chi connectivity index (χ3n) is 6.33. The molecule has 2 heterocycles. The smallest absolute Gasteiger partial charge is 0.314 e. The fourth-order valence-electron chi connectivity index (χ4n) is 4.64. The Kier molecular flexibility index (Phi) is 5.61. The van der Waals surface area contributed by atoms with Crippen molar-refractivity contribution in [1.29, 1.82) is 0 Å². The second-order valence-electron chi connectivity index (χ2n) is 8.63. The van der Waals surface area contributed by atoms with E-state index in [0.29, 0.717) is 26.0 Å². The van der Waals surface area contributed by atoms with Crippen molar-refractivity contribution in [3.8, 4) is 0 Å². The van der Waals surface area contributed by atoms with Crippen molar-refractivity contribution >= 4 is 17.6 Å². The van der Waals surface area contributed by atoms with Crippen LogP contribution in [0, 0.1) is 18.3 Å². The van der Waals surface area contributed by atoms with Crippen molar-refractivity contribution in [2.75, 3.05) is 19.7 Å². The third kappa shape index (κ3) is 4.16. The second kappa shape index (κ2) is 8.17. The standard InChI is InChI=1S/C23H30N2O4/c1-3-28-22(27)23(11-6-12-25(15-23)21(26)17-9-10-17)14-18-13-20(24-29-18)19-8-5-4-7-16(19)2/h4-5,7-8,17-18H,3,6,9-15H2,1-2H3/t18-,23-/m0/s1. The minimum atomic E-state index is -0.708. The zero-order chi connectivity index (χ0) is 20.4. The molecule has 2 fully saturated rings. The topological polar surface area (TPSA) is 68.2 Å². The normalized spacial score (nSPS) is 26.6. The van der Waals surface area contributed by atoms with E-state index in [-0.39, 0.29) is 23.9 Å². The Labute approximate surface area is 172 Å². The van der Waals surface area contributed by atoms with Gasteiger partial charge in [0.1, 0.15) is 6.10 Å². The number of likely N-dealkylation sites (tertiary alicyclic amines) is 1. The van der Waals surface area contributed by atoms with Crippen molar-refractivity contribution < 1.29 is 19.2 Å². The van der Waals surface area contributed by atoms with Crippen LogP contribution in [0.2, 0.25) is 0 Å². The van der Waals surface area contributed by atoms with Gasteiger partial charge in [-0.2, -0.15) is 0 Å². The van der Waals surface area contributed by atoms with Crippen LogP contribution < -0.4 is 0 Å². The van der Waals surface area contributed by atoms with Gasteiger partial charge in [0.15, 0.2) is 0 Å². The summed E-state index contributed by atoms with van der Waals surface area (Å²) in [5.74, 6) is 0.149. The molecule has 3 aliphatic rings. The summed E-state index contributed by atoms with van der Waals surface area (Å²) < 4.78 is 5.46. The number of nitrogens with zero attached hydrogens (tertiary/aromatic N) is 2. The number of hydrogen-bond donors (Lipinski definition) is 0. The first-order valence-electron chi connectivity index (χ1n) is 10.8. The number of oxime groups is 1. The van der Waals surface area contributed by atoms with Crippen LogP contribution in [0.4, 0.5) is 0 Å². The Hall–Kier alpha value is -2.37. The van der Waals surface area contributed by atoms with E-state index in [1.54, 1.807) is 0 Å². The minimum absolute atomic E-state index is 0.159.